The second kappa shape index (κ2) is 5.99. The number of ether oxygens (including phenoxy) is 1. The van der Waals surface area contributed by atoms with Gasteiger partial charge < -0.3 is 9.84 Å². The first-order valence-corrected chi connectivity index (χ1v) is 6.64. The van der Waals surface area contributed by atoms with Gasteiger partial charge in [0.15, 0.2) is 0 Å². The summed E-state index contributed by atoms with van der Waals surface area (Å²) in [6.07, 6.45) is 0. The number of carbonyl (C=O) groups excluding carboxylic acids is 1. The molecule has 3 nitrogen and oxygen atoms in total. The molecule has 0 fully saturated rings. The molecular weight excluding hydrogens is 284 g/mol. The number of phenolic OH excluding ortho intramolecular Hbond substituents is 1. The standard InChI is InChI=1S/C14H11ClO3S/c1-18-14(17)12-8-10(16)4-7-13(12)19-11-5-2-9(15)3-6-11/h2-8,16H,1H3. The predicted molar refractivity (Wildman–Crippen MR) is 75.0 cm³/mol. The lowest BCUT2D eigenvalue weighted by Gasteiger charge is -2.08. The normalized spacial score (nSPS) is 10.2. The Hall–Kier alpha value is -1.65. The van der Waals surface area contributed by atoms with Crippen molar-refractivity contribution in [3.05, 3.63) is 53.1 Å². The largest absolute Gasteiger partial charge is 0.508 e. The van der Waals surface area contributed by atoms with Gasteiger partial charge in [-0.25, -0.2) is 4.79 Å². The summed E-state index contributed by atoms with van der Waals surface area (Å²) in [6, 6.07) is 11.9. The van der Waals surface area contributed by atoms with Crippen LogP contribution in [0.3, 0.4) is 0 Å². The van der Waals surface area contributed by atoms with E-state index >= 15 is 0 Å². The zero-order chi connectivity index (χ0) is 13.8. The molecule has 2 aromatic rings. The summed E-state index contributed by atoms with van der Waals surface area (Å²) in [5.41, 5.74) is 0.336. The Morgan fingerprint density at radius 2 is 1.89 bits per heavy atom. The summed E-state index contributed by atoms with van der Waals surface area (Å²) in [5.74, 6) is -0.451. The smallest absolute Gasteiger partial charge is 0.339 e. The predicted octanol–water partition coefficient (Wildman–Crippen LogP) is 3.98. The summed E-state index contributed by atoms with van der Waals surface area (Å²) in [6.45, 7) is 0. The van der Waals surface area contributed by atoms with Crippen LogP contribution < -0.4 is 0 Å². The Morgan fingerprint density at radius 1 is 1.21 bits per heavy atom. The van der Waals surface area contributed by atoms with Crippen LogP contribution >= 0.6 is 23.4 Å². The van der Waals surface area contributed by atoms with Gasteiger partial charge in [-0.1, -0.05) is 23.4 Å². The number of esters is 1. The molecule has 0 heterocycles. The van der Waals surface area contributed by atoms with Crippen molar-refractivity contribution in [2.45, 2.75) is 9.79 Å². The molecule has 5 heteroatoms. The first-order chi connectivity index (χ1) is 9.10. The summed E-state index contributed by atoms with van der Waals surface area (Å²) < 4.78 is 4.70. The number of hydrogen-bond acceptors (Lipinski definition) is 4. The fraction of sp³-hybridized carbons (Fsp3) is 0.0714. The lowest BCUT2D eigenvalue weighted by molar-refractivity contribution is 0.0596. The highest BCUT2D eigenvalue weighted by atomic mass is 35.5. The molecule has 98 valence electrons. The summed E-state index contributed by atoms with van der Waals surface area (Å²) in [4.78, 5) is 13.3. The summed E-state index contributed by atoms with van der Waals surface area (Å²) >= 11 is 7.23. The molecule has 0 radical (unpaired) electrons. The maximum Gasteiger partial charge on any atom is 0.339 e. The first-order valence-electron chi connectivity index (χ1n) is 5.45. The van der Waals surface area contributed by atoms with Gasteiger partial charge in [0.25, 0.3) is 0 Å². The zero-order valence-corrected chi connectivity index (χ0v) is 11.7. The fourth-order valence-electron chi connectivity index (χ4n) is 1.51. The molecular formula is C14H11ClO3S. The third kappa shape index (κ3) is 3.43. The van der Waals surface area contributed by atoms with Crippen molar-refractivity contribution >= 4 is 29.3 Å². The highest BCUT2D eigenvalue weighted by molar-refractivity contribution is 7.99. The van der Waals surface area contributed by atoms with Crippen molar-refractivity contribution < 1.29 is 14.6 Å². The van der Waals surface area contributed by atoms with E-state index in [0.29, 0.717) is 15.5 Å². The maximum absolute atomic E-state index is 11.7. The molecule has 19 heavy (non-hydrogen) atoms. The Bertz CT molecular complexity index is 596. The van der Waals surface area contributed by atoms with Crippen LogP contribution in [0, 0.1) is 0 Å². The molecule has 0 saturated heterocycles. The number of carbonyl (C=O) groups is 1. The Kier molecular flexibility index (Phi) is 4.35. The van der Waals surface area contributed by atoms with E-state index in [-0.39, 0.29) is 5.75 Å². The van der Waals surface area contributed by atoms with Gasteiger partial charge in [0.05, 0.1) is 12.7 Å². The zero-order valence-electron chi connectivity index (χ0n) is 10.1. The lowest BCUT2D eigenvalue weighted by Crippen LogP contribution is -2.02. The number of methoxy groups -OCH3 is 1. The van der Waals surface area contributed by atoms with Crippen LogP contribution in [0.2, 0.25) is 5.02 Å². The van der Waals surface area contributed by atoms with Gasteiger partial charge in [0.1, 0.15) is 5.75 Å². The van der Waals surface area contributed by atoms with Gasteiger partial charge in [0, 0.05) is 14.8 Å². The number of aromatic hydroxyl groups is 1. The molecule has 0 aliphatic heterocycles. The van der Waals surface area contributed by atoms with E-state index in [9.17, 15) is 9.90 Å². The third-order valence-corrected chi connectivity index (χ3v) is 3.75. The number of rotatable bonds is 3. The monoisotopic (exact) mass is 294 g/mol. The van der Waals surface area contributed by atoms with E-state index < -0.39 is 5.97 Å². The average molecular weight is 295 g/mol. The molecule has 1 N–H and O–H groups in total. The molecule has 2 rings (SSSR count). The van der Waals surface area contributed by atoms with Crippen molar-refractivity contribution in [2.75, 3.05) is 7.11 Å². The van der Waals surface area contributed by atoms with Crippen LogP contribution in [0.15, 0.2) is 52.3 Å². The van der Waals surface area contributed by atoms with Crippen molar-refractivity contribution in [3.63, 3.8) is 0 Å². The molecule has 0 bridgehead atoms. The van der Waals surface area contributed by atoms with E-state index in [2.05, 4.69) is 0 Å². The number of hydrogen-bond donors (Lipinski definition) is 1. The minimum absolute atomic E-state index is 0.0286. The second-order valence-corrected chi connectivity index (χ2v) is 5.28. The quantitative estimate of drug-likeness (QED) is 0.870. The lowest BCUT2D eigenvalue weighted by atomic mass is 10.2. The molecule has 0 aliphatic rings. The first kappa shape index (κ1) is 13.8. The molecule has 0 saturated carbocycles. The Balaban J connectivity index is 2.34. The van der Waals surface area contributed by atoms with Gasteiger partial charge in [-0.2, -0.15) is 0 Å². The Labute approximate surface area is 120 Å². The number of phenols is 1. The SMILES string of the molecule is COC(=O)c1cc(O)ccc1Sc1ccc(Cl)cc1. The topological polar surface area (TPSA) is 46.5 Å². The van der Waals surface area contributed by atoms with Crippen LogP contribution in [-0.4, -0.2) is 18.2 Å². The molecule has 2 aromatic carbocycles. The average Bonchev–Trinajstić information content (AvgIpc) is 2.42. The van der Waals surface area contributed by atoms with E-state index in [1.165, 1.54) is 31.0 Å². The molecule has 0 spiro atoms. The van der Waals surface area contributed by atoms with E-state index in [1.807, 2.05) is 12.1 Å². The molecule has 0 amide bonds. The minimum atomic E-state index is -0.479. The highest BCUT2D eigenvalue weighted by Crippen LogP contribution is 2.33. The van der Waals surface area contributed by atoms with Gasteiger partial charge in [-0.15, -0.1) is 0 Å². The third-order valence-electron chi connectivity index (χ3n) is 2.41. The second-order valence-electron chi connectivity index (χ2n) is 3.73. The van der Waals surface area contributed by atoms with Crippen LogP contribution in [0.5, 0.6) is 5.75 Å². The van der Waals surface area contributed by atoms with Gasteiger partial charge >= 0.3 is 5.97 Å². The molecule has 0 aliphatic carbocycles. The highest BCUT2D eigenvalue weighted by Gasteiger charge is 2.13. The molecule has 0 aromatic heterocycles. The van der Waals surface area contributed by atoms with Crippen LogP contribution in [0.4, 0.5) is 0 Å². The Morgan fingerprint density at radius 3 is 2.53 bits per heavy atom. The van der Waals surface area contributed by atoms with E-state index in [4.69, 9.17) is 16.3 Å². The van der Waals surface area contributed by atoms with Crippen LogP contribution in [0.1, 0.15) is 10.4 Å². The van der Waals surface area contributed by atoms with Crippen LogP contribution in [-0.2, 0) is 4.74 Å². The van der Waals surface area contributed by atoms with E-state index in [1.54, 1.807) is 18.2 Å². The van der Waals surface area contributed by atoms with Crippen molar-refractivity contribution in [2.24, 2.45) is 0 Å². The van der Waals surface area contributed by atoms with Crippen molar-refractivity contribution in [3.8, 4) is 5.75 Å². The molecule has 0 unspecified atom stereocenters. The number of benzene rings is 2. The van der Waals surface area contributed by atoms with Gasteiger partial charge in [0.2, 0.25) is 0 Å². The molecule has 0 atom stereocenters. The van der Waals surface area contributed by atoms with Gasteiger partial charge in [-0.05, 0) is 42.5 Å². The van der Waals surface area contributed by atoms with Crippen LogP contribution in [0.25, 0.3) is 0 Å². The number of halogens is 1. The maximum atomic E-state index is 11.7. The summed E-state index contributed by atoms with van der Waals surface area (Å²) in [5, 5.41) is 10.1. The van der Waals surface area contributed by atoms with Crippen molar-refractivity contribution in [1.82, 2.24) is 0 Å². The van der Waals surface area contributed by atoms with E-state index in [0.717, 1.165) is 4.90 Å². The van der Waals surface area contributed by atoms with Gasteiger partial charge in [-0.3, -0.25) is 0 Å². The van der Waals surface area contributed by atoms with Crippen molar-refractivity contribution in [1.29, 1.82) is 0 Å². The fourth-order valence-corrected chi connectivity index (χ4v) is 2.55. The minimum Gasteiger partial charge on any atom is -0.508 e. The summed E-state index contributed by atoms with van der Waals surface area (Å²) in [7, 11) is 1.31.